The molecule has 2 rings (SSSR count). The van der Waals surface area contributed by atoms with E-state index < -0.39 is 0 Å². The predicted molar refractivity (Wildman–Crippen MR) is 81.5 cm³/mol. The van der Waals surface area contributed by atoms with Crippen molar-refractivity contribution in [3.05, 3.63) is 29.3 Å². The van der Waals surface area contributed by atoms with Gasteiger partial charge in [0.25, 0.3) is 5.91 Å². The minimum absolute atomic E-state index is 0.00547. The van der Waals surface area contributed by atoms with Gasteiger partial charge in [-0.3, -0.25) is 4.79 Å². The van der Waals surface area contributed by atoms with Gasteiger partial charge < -0.3 is 20.1 Å². The molecule has 0 aliphatic carbocycles. The zero-order valence-corrected chi connectivity index (χ0v) is 12.9. The maximum atomic E-state index is 12.3. The van der Waals surface area contributed by atoms with E-state index >= 15 is 0 Å². The fourth-order valence-corrected chi connectivity index (χ4v) is 2.75. The smallest absolute Gasteiger partial charge is 0.260 e. The van der Waals surface area contributed by atoms with Crippen molar-refractivity contribution in [3.8, 4) is 5.75 Å². The second-order valence-corrected chi connectivity index (χ2v) is 5.54. The molecule has 1 saturated heterocycles. The van der Waals surface area contributed by atoms with Crippen LogP contribution >= 0.6 is 11.6 Å². The number of carbonyl (C=O) groups excluding carboxylic acids is 1. The molecular weight excluding hydrogens is 292 g/mol. The molecule has 0 spiro atoms. The average Bonchev–Trinajstić information content (AvgIpc) is 2.52. The SMILES string of the molecule is COC1CCN(C(=O)COc2cccc(Cl)c2)C(CN)C1. The molecule has 0 aromatic heterocycles. The molecule has 0 radical (unpaired) electrons. The maximum Gasteiger partial charge on any atom is 0.260 e. The number of halogens is 1. The Morgan fingerprint density at radius 1 is 1.52 bits per heavy atom. The van der Waals surface area contributed by atoms with Crippen LogP contribution in [0.4, 0.5) is 0 Å². The maximum absolute atomic E-state index is 12.3. The number of hydrogen-bond donors (Lipinski definition) is 1. The zero-order valence-electron chi connectivity index (χ0n) is 12.1. The summed E-state index contributed by atoms with van der Waals surface area (Å²) in [4.78, 5) is 14.1. The topological polar surface area (TPSA) is 64.8 Å². The number of methoxy groups -OCH3 is 1. The van der Waals surface area contributed by atoms with Crippen LogP contribution in [0, 0.1) is 0 Å². The van der Waals surface area contributed by atoms with Gasteiger partial charge in [-0.25, -0.2) is 0 Å². The molecule has 1 heterocycles. The Kier molecular flexibility index (Phi) is 5.85. The zero-order chi connectivity index (χ0) is 15.2. The average molecular weight is 313 g/mol. The van der Waals surface area contributed by atoms with Crippen LogP contribution in [0.3, 0.4) is 0 Å². The molecule has 1 aromatic rings. The number of nitrogens with two attached hydrogens (primary N) is 1. The molecule has 5 nitrogen and oxygen atoms in total. The van der Waals surface area contributed by atoms with Crippen molar-refractivity contribution < 1.29 is 14.3 Å². The van der Waals surface area contributed by atoms with E-state index in [1.54, 1.807) is 36.3 Å². The standard InChI is InChI=1S/C15H21ClN2O3/c1-20-13-5-6-18(12(8-13)9-17)15(19)10-21-14-4-2-3-11(16)7-14/h2-4,7,12-13H,5-6,8-10,17H2,1H3. The van der Waals surface area contributed by atoms with Crippen molar-refractivity contribution in [1.29, 1.82) is 0 Å². The van der Waals surface area contributed by atoms with E-state index in [0.29, 0.717) is 23.9 Å². The minimum atomic E-state index is -0.0556. The summed E-state index contributed by atoms with van der Waals surface area (Å²) < 4.78 is 10.9. The van der Waals surface area contributed by atoms with Crippen molar-refractivity contribution in [3.63, 3.8) is 0 Å². The first-order chi connectivity index (χ1) is 10.1. The van der Waals surface area contributed by atoms with E-state index in [4.69, 9.17) is 26.8 Å². The van der Waals surface area contributed by atoms with Crippen LogP contribution in [0.25, 0.3) is 0 Å². The van der Waals surface area contributed by atoms with Crippen molar-refractivity contribution in [1.82, 2.24) is 4.90 Å². The number of rotatable bonds is 5. The Morgan fingerprint density at radius 3 is 3.00 bits per heavy atom. The van der Waals surface area contributed by atoms with E-state index in [2.05, 4.69) is 0 Å². The predicted octanol–water partition coefficient (Wildman–Crippen LogP) is 1.68. The van der Waals surface area contributed by atoms with Crippen LogP contribution < -0.4 is 10.5 Å². The van der Waals surface area contributed by atoms with Gasteiger partial charge in [0.1, 0.15) is 5.75 Å². The molecule has 116 valence electrons. The second-order valence-electron chi connectivity index (χ2n) is 5.10. The fraction of sp³-hybridized carbons (Fsp3) is 0.533. The number of hydrogen-bond acceptors (Lipinski definition) is 4. The Labute approximate surface area is 130 Å². The monoisotopic (exact) mass is 312 g/mol. The summed E-state index contributed by atoms with van der Waals surface area (Å²) in [5, 5.41) is 0.584. The molecule has 1 aromatic carbocycles. The summed E-state index contributed by atoms with van der Waals surface area (Å²) in [7, 11) is 1.69. The molecule has 6 heteroatoms. The molecule has 0 bridgehead atoms. The number of ether oxygens (including phenoxy) is 2. The highest BCUT2D eigenvalue weighted by Crippen LogP contribution is 2.20. The molecule has 2 N–H and O–H groups in total. The molecule has 0 saturated carbocycles. The minimum Gasteiger partial charge on any atom is -0.484 e. The van der Waals surface area contributed by atoms with Crippen LogP contribution in [-0.4, -0.2) is 49.8 Å². The van der Waals surface area contributed by atoms with Gasteiger partial charge in [-0.05, 0) is 31.0 Å². The quantitative estimate of drug-likeness (QED) is 0.898. The van der Waals surface area contributed by atoms with Crippen molar-refractivity contribution >= 4 is 17.5 Å². The van der Waals surface area contributed by atoms with Crippen LogP contribution in [0.15, 0.2) is 24.3 Å². The lowest BCUT2D eigenvalue weighted by Crippen LogP contribution is -2.52. The lowest BCUT2D eigenvalue weighted by atomic mass is 9.99. The summed E-state index contributed by atoms with van der Waals surface area (Å²) in [5.74, 6) is 0.534. The third-order valence-corrected chi connectivity index (χ3v) is 3.99. The normalized spacial score (nSPS) is 22.1. The van der Waals surface area contributed by atoms with Crippen LogP contribution in [0.2, 0.25) is 5.02 Å². The van der Waals surface area contributed by atoms with E-state index in [9.17, 15) is 4.79 Å². The Balaban J connectivity index is 1.90. The van der Waals surface area contributed by atoms with Gasteiger partial charge in [0, 0.05) is 31.3 Å². The summed E-state index contributed by atoms with van der Waals surface area (Å²) in [5.41, 5.74) is 5.77. The van der Waals surface area contributed by atoms with Gasteiger partial charge in [0.15, 0.2) is 6.61 Å². The first-order valence-electron chi connectivity index (χ1n) is 7.04. The summed E-state index contributed by atoms with van der Waals surface area (Å²) in [6.45, 7) is 1.08. The lowest BCUT2D eigenvalue weighted by molar-refractivity contribution is -0.139. The number of likely N-dealkylation sites (tertiary alicyclic amines) is 1. The van der Waals surface area contributed by atoms with Gasteiger partial charge in [0.05, 0.1) is 6.10 Å². The van der Waals surface area contributed by atoms with Crippen LogP contribution in [0.5, 0.6) is 5.75 Å². The van der Waals surface area contributed by atoms with Crippen molar-refractivity contribution in [2.45, 2.75) is 25.0 Å². The van der Waals surface area contributed by atoms with Gasteiger partial charge in [-0.2, -0.15) is 0 Å². The molecule has 21 heavy (non-hydrogen) atoms. The van der Waals surface area contributed by atoms with Gasteiger partial charge in [0.2, 0.25) is 0 Å². The van der Waals surface area contributed by atoms with Crippen molar-refractivity contribution in [2.75, 3.05) is 26.8 Å². The fourth-order valence-electron chi connectivity index (χ4n) is 2.56. The Bertz CT molecular complexity index is 484. The number of nitrogens with zero attached hydrogens (tertiary/aromatic N) is 1. The summed E-state index contributed by atoms with van der Waals surface area (Å²) in [6.07, 6.45) is 1.78. The Morgan fingerprint density at radius 2 is 2.33 bits per heavy atom. The number of carbonyl (C=O) groups is 1. The molecule has 2 atom stereocenters. The van der Waals surface area contributed by atoms with Crippen molar-refractivity contribution in [2.24, 2.45) is 5.73 Å². The molecule has 1 aliphatic rings. The Hall–Kier alpha value is -1.30. The first kappa shape index (κ1) is 16.1. The largest absolute Gasteiger partial charge is 0.484 e. The molecule has 2 unspecified atom stereocenters. The van der Waals surface area contributed by atoms with E-state index in [0.717, 1.165) is 12.8 Å². The second kappa shape index (κ2) is 7.64. The summed E-state index contributed by atoms with van der Waals surface area (Å²) >= 11 is 5.88. The molecule has 1 amide bonds. The lowest BCUT2D eigenvalue weighted by Gasteiger charge is -2.38. The third-order valence-electron chi connectivity index (χ3n) is 3.75. The number of benzene rings is 1. The van der Waals surface area contributed by atoms with E-state index in [1.807, 2.05) is 0 Å². The van der Waals surface area contributed by atoms with Gasteiger partial charge >= 0.3 is 0 Å². The van der Waals surface area contributed by atoms with Gasteiger partial charge in [-0.15, -0.1) is 0 Å². The highest BCUT2D eigenvalue weighted by molar-refractivity contribution is 6.30. The first-order valence-corrected chi connectivity index (χ1v) is 7.42. The number of piperidine rings is 1. The molecule has 1 fully saturated rings. The van der Waals surface area contributed by atoms with E-state index in [-0.39, 0.29) is 24.7 Å². The van der Waals surface area contributed by atoms with Crippen LogP contribution in [-0.2, 0) is 9.53 Å². The molecule has 1 aliphatic heterocycles. The van der Waals surface area contributed by atoms with Crippen LogP contribution in [0.1, 0.15) is 12.8 Å². The molecular formula is C15H21ClN2O3. The highest BCUT2D eigenvalue weighted by atomic mass is 35.5. The van der Waals surface area contributed by atoms with Gasteiger partial charge in [-0.1, -0.05) is 17.7 Å². The number of amides is 1. The summed E-state index contributed by atoms with van der Waals surface area (Å²) in [6, 6.07) is 7.02. The third kappa shape index (κ3) is 4.33. The highest BCUT2D eigenvalue weighted by Gasteiger charge is 2.30. The van der Waals surface area contributed by atoms with E-state index in [1.165, 1.54) is 0 Å².